The molecule has 0 spiro atoms. The lowest BCUT2D eigenvalue weighted by atomic mass is 10.2. The van der Waals surface area contributed by atoms with E-state index in [1.54, 1.807) is 0 Å². The van der Waals surface area contributed by atoms with E-state index in [9.17, 15) is 4.79 Å². The van der Waals surface area contributed by atoms with Crippen molar-refractivity contribution in [2.24, 2.45) is 0 Å². The third-order valence-corrected chi connectivity index (χ3v) is 5.67. The van der Waals surface area contributed by atoms with Gasteiger partial charge in [-0.15, -0.1) is 11.3 Å². The van der Waals surface area contributed by atoms with Crippen molar-refractivity contribution in [1.82, 2.24) is 4.98 Å². The second kappa shape index (κ2) is 9.45. The first-order chi connectivity index (χ1) is 15.1. The molecule has 31 heavy (non-hydrogen) atoms. The first-order valence-corrected chi connectivity index (χ1v) is 10.7. The molecule has 0 unspecified atom stereocenters. The number of para-hydroxylation sites is 3. The van der Waals surface area contributed by atoms with E-state index in [2.05, 4.69) is 10.3 Å². The Hall–Kier alpha value is -3.64. The predicted octanol–water partition coefficient (Wildman–Crippen LogP) is 6.38. The third kappa shape index (κ3) is 5.29. The maximum atomic E-state index is 12.9. The van der Waals surface area contributed by atoms with Crippen molar-refractivity contribution in [3.05, 3.63) is 100 Å². The van der Waals surface area contributed by atoms with E-state index in [0.29, 0.717) is 34.4 Å². The Morgan fingerprint density at radius 2 is 1.61 bits per heavy atom. The van der Waals surface area contributed by atoms with Gasteiger partial charge in [-0.2, -0.15) is 0 Å². The van der Waals surface area contributed by atoms with Crippen molar-refractivity contribution < 1.29 is 14.3 Å². The normalized spacial score (nSPS) is 10.5. The second-order valence-electron chi connectivity index (χ2n) is 6.99. The number of anilines is 1. The summed E-state index contributed by atoms with van der Waals surface area (Å²) in [4.78, 5) is 18.0. The lowest BCUT2D eigenvalue weighted by Crippen LogP contribution is -2.12. The van der Waals surface area contributed by atoms with Gasteiger partial charge in [0.15, 0.2) is 5.75 Å². The number of ether oxygens (including phenoxy) is 2. The molecule has 3 aromatic carbocycles. The lowest BCUT2D eigenvalue weighted by molar-refractivity contribution is 0.102. The standard InChI is InChI=1S/C25H22N2O3S/c1-17-12-14-19(15-13-17)29-16-23-26-18(2)24(31-23)25(28)27-21-10-6-7-11-22(21)30-20-8-4-3-5-9-20/h3-15H,16H2,1-2H3,(H,27,28). The highest BCUT2D eigenvalue weighted by Gasteiger charge is 2.17. The van der Waals surface area contributed by atoms with Crippen LogP contribution in [-0.2, 0) is 6.61 Å². The molecule has 0 aliphatic carbocycles. The molecule has 1 heterocycles. The van der Waals surface area contributed by atoms with Crippen LogP contribution in [-0.4, -0.2) is 10.9 Å². The minimum Gasteiger partial charge on any atom is -0.486 e. The Labute approximate surface area is 185 Å². The quantitative estimate of drug-likeness (QED) is 0.369. The van der Waals surface area contributed by atoms with Crippen LogP contribution in [0.2, 0.25) is 0 Å². The summed E-state index contributed by atoms with van der Waals surface area (Å²) in [6.07, 6.45) is 0. The van der Waals surface area contributed by atoms with E-state index in [1.165, 1.54) is 16.9 Å². The highest BCUT2D eigenvalue weighted by Crippen LogP contribution is 2.30. The number of carbonyl (C=O) groups is 1. The molecule has 0 bridgehead atoms. The predicted molar refractivity (Wildman–Crippen MR) is 123 cm³/mol. The highest BCUT2D eigenvalue weighted by molar-refractivity contribution is 7.13. The molecule has 1 aromatic heterocycles. The van der Waals surface area contributed by atoms with Crippen molar-refractivity contribution in [2.75, 3.05) is 5.32 Å². The van der Waals surface area contributed by atoms with Gasteiger partial charge >= 0.3 is 0 Å². The average Bonchev–Trinajstić information content (AvgIpc) is 3.16. The summed E-state index contributed by atoms with van der Waals surface area (Å²) in [5.74, 6) is 1.83. The van der Waals surface area contributed by atoms with E-state index < -0.39 is 0 Å². The number of amides is 1. The van der Waals surface area contributed by atoms with E-state index in [0.717, 1.165) is 10.8 Å². The molecule has 0 aliphatic heterocycles. The van der Waals surface area contributed by atoms with E-state index in [1.807, 2.05) is 92.7 Å². The van der Waals surface area contributed by atoms with Crippen molar-refractivity contribution in [3.8, 4) is 17.2 Å². The molecule has 4 aromatic rings. The molecule has 4 rings (SSSR count). The van der Waals surface area contributed by atoms with Crippen LogP contribution in [0.5, 0.6) is 17.2 Å². The van der Waals surface area contributed by atoms with Gasteiger partial charge in [0.1, 0.15) is 28.0 Å². The number of rotatable bonds is 7. The van der Waals surface area contributed by atoms with Gasteiger partial charge in [0.05, 0.1) is 11.4 Å². The molecular formula is C25H22N2O3S. The SMILES string of the molecule is Cc1ccc(OCc2nc(C)c(C(=O)Nc3ccccc3Oc3ccccc3)s2)cc1. The monoisotopic (exact) mass is 430 g/mol. The van der Waals surface area contributed by atoms with E-state index in [-0.39, 0.29) is 5.91 Å². The van der Waals surface area contributed by atoms with E-state index >= 15 is 0 Å². The number of carbonyl (C=O) groups excluding carboxylic acids is 1. The number of hydrogen-bond acceptors (Lipinski definition) is 5. The second-order valence-corrected chi connectivity index (χ2v) is 8.07. The number of aromatic nitrogens is 1. The Balaban J connectivity index is 1.45. The molecule has 0 fully saturated rings. The Morgan fingerprint density at radius 1 is 0.903 bits per heavy atom. The van der Waals surface area contributed by atoms with E-state index in [4.69, 9.17) is 9.47 Å². The van der Waals surface area contributed by atoms with Crippen LogP contribution in [0.25, 0.3) is 0 Å². The minimum atomic E-state index is -0.222. The van der Waals surface area contributed by atoms with Gasteiger partial charge in [-0.1, -0.05) is 48.0 Å². The summed E-state index contributed by atoms with van der Waals surface area (Å²) in [6.45, 7) is 4.17. The number of benzene rings is 3. The van der Waals surface area contributed by atoms with Gasteiger partial charge in [-0.05, 0) is 50.2 Å². The third-order valence-electron chi connectivity index (χ3n) is 4.54. The molecule has 5 nitrogen and oxygen atoms in total. The summed E-state index contributed by atoms with van der Waals surface area (Å²) in [6, 6.07) is 24.7. The van der Waals surface area contributed by atoms with Gasteiger partial charge in [-0.25, -0.2) is 4.98 Å². The van der Waals surface area contributed by atoms with Gasteiger partial charge in [0.25, 0.3) is 5.91 Å². The van der Waals surface area contributed by atoms with Crippen molar-refractivity contribution in [2.45, 2.75) is 20.5 Å². The molecule has 1 amide bonds. The summed E-state index contributed by atoms with van der Waals surface area (Å²) < 4.78 is 11.7. The first-order valence-electron chi connectivity index (χ1n) is 9.87. The smallest absolute Gasteiger partial charge is 0.267 e. The fourth-order valence-corrected chi connectivity index (χ4v) is 3.83. The van der Waals surface area contributed by atoms with Crippen molar-refractivity contribution in [3.63, 3.8) is 0 Å². The Bertz CT molecular complexity index is 1170. The number of aryl methyl sites for hydroxylation is 2. The maximum absolute atomic E-state index is 12.9. The zero-order valence-electron chi connectivity index (χ0n) is 17.3. The van der Waals surface area contributed by atoms with Crippen LogP contribution in [0.3, 0.4) is 0 Å². The minimum absolute atomic E-state index is 0.222. The zero-order valence-corrected chi connectivity index (χ0v) is 18.1. The molecule has 0 saturated carbocycles. The summed E-state index contributed by atoms with van der Waals surface area (Å²) in [7, 11) is 0. The molecule has 0 aliphatic rings. The number of nitrogens with one attached hydrogen (secondary N) is 1. The van der Waals surface area contributed by atoms with Gasteiger partial charge in [-0.3, -0.25) is 4.79 Å². The fourth-order valence-electron chi connectivity index (χ4n) is 2.96. The zero-order chi connectivity index (χ0) is 21.6. The first kappa shape index (κ1) is 20.6. The van der Waals surface area contributed by atoms with Gasteiger partial charge in [0.2, 0.25) is 0 Å². The molecule has 0 atom stereocenters. The summed E-state index contributed by atoms with van der Waals surface area (Å²) in [5, 5.41) is 3.69. The summed E-state index contributed by atoms with van der Waals surface area (Å²) >= 11 is 1.33. The van der Waals surface area contributed by atoms with Gasteiger partial charge in [0, 0.05) is 0 Å². The molecule has 156 valence electrons. The largest absolute Gasteiger partial charge is 0.486 e. The number of thiazole rings is 1. The molecule has 1 N–H and O–H groups in total. The van der Waals surface area contributed by atoms with Crippen LogP contribution in [0.1, 0.15) is 25.9 Å². The Morgan fingerprint density at radius 3 is 2.39 bits per heavy atom. The number of hydrogen-bond donors (Lipinski definition) is 1. The topological polar surface area (TPSA) is 60.5 Å². The van der Waals surface area contributed by atoms with Crippen LogP contribution < -0.4 is 14.8 Å². The molecular weight excluding hydrogens is 408 g/mol. The van der Waals surface area contributed by atoms with Crippen molar-refractivity contribution >= 4 is 22.9 Å². The highest BCUT2D eigenvalue weighted by atomic mass is 32.1. The molecule has 0 radical (unpaired) electrons. The number of nitrogens with zero attached hydrogens (tertiary/aromatic N) is 1. The van der Waals surface area contributed by atoms with Crippen LogP contribution in [0, 0.1) is 13.8 Å². The Kier molecular flexibility index (Phi) is 6.29. The molecule has 6 heteroatoms. The van der Waals surface area contributed by atoms with Crippen LogP contribution >= 0.6 is 11.3 Å². The van der Waals surface area contributed by atoms with Crippen LogP contribution in [0.15, 0.2) is 78.9 Å². The average molecular weight is 431 g/mol. The molecule has 0 saturated heterocycles. The summed E-state index contributed by atoms with van der Waals surface area (Å²) in [5.41, 5.74) is 2.45. The van der Waals surface area contributed by atoms with Crippen molar-refractivity contribution in [1.29, 1.82) is 0 Å². The fraction of sp³-hybridized carbons (Fsp3) is 0.120. The maximum Gasteiger partial charge on any atom is 0.267 e. The lowest BCUT2D eigenvalue weighted by Gasteiger charge is -2.11. The van der Waals surface area contributed by atoms with Gasteiger partial charge < -0.3 is 14.8 Å². The van der Waals surface area contributed by atoms with Crippen LogP contribution in [0.4, 0.5) is 5.69 Å².